The number of hydrogen-bond donors (Lipinski definition) is 1. The molecule has 0 unspecified atom stereocenters. The van der Waals surface area contributed by atoms with Gasteiger partial charge >= 0.3 is 0 Å². The fraction of sp³-hybridized carbons (Fsp3) is 0.318. The fourth-order valence-corrected chi connectivity index (χ4v) is 3.73. The summed E-state index contributed by atoms with van der Waals surface area (Å²) in [5.41, 5.74) is 2.71. The van der Waals surface area contributed by atoms with Crippen LogP contribution in [0.5, 0.6) is 11.5 Å². The van der Waals surface area contributed by atoms with E-state index in [-0.39, 0.29) is 11.5 Å². The minimum atomic E-state index is -0.175. The maximum atomic E-state index is 12.8. The molecule has 0 atom stereocenters. The lowest BCUT2D eigenvalue weighted by atomic mass is 9.98. The van der Waals surface area contributed by atoms with Crippen LogP contribution < -0.4 is 15.0 Å². The third-order valence-corrected chi connectivity index (χ3v) is 5.31. The van der Waals surface area contributed by atoms with Crippen molar-refractivity contribution in [1.29, 1.82) is 0 Å². The zero-order valence-electron chi connectivity index (χ0n) is 16.5. The maximum Gasteiger partial charge on any atom is 0.258 e. The second kappa shape index (κ2) is 7.95. The molecule has 0 spiro atoms. The highest BCUT2D eigenvalue weighted by Crippen LogP contribution is 2.33. The molecule has 0 aliphatic carbocycles. The normalized spacial score (nSPS) is 13.2. The minimum Gasteiger partial charge on any atom is -0.493 e. The van der Waals surface area contributed by atoms with Crippen LogP contribution >= 0.6 is 0 Å². The molecule has 1 N–H and O–H groups in total. The van der Waals surface area contributed by atoms with Gasteiger partial charge in [-0.15, -0.1) is 0 Å². The fourth-order valence-electron chi connectivity index (χ4n) is 3.73. The second-order valence-corrected chi connectivity index (χ2v) is 7.07. The first kappa shape index (κ1) is 19.0. The van der Waals surface area contributed by atoms with Crippen molar-refractivity contribution in [3.8, 4) is 11.5 Å². The number of carbonyl (C=O) groups is 1. The lowest BCUT2D eigenvalue weighted by molar-refractivity contribution is -0.132. The third kappa shape index (κ3) is 3.81. The molecule has 7 nitrogen and oxygen atoms in total. The molecule has 3 aromatic rings. The maximum absolute atomic E-state index is 12.8. The third-order valence-electron chi connectivity index (χ3n) is 5.31. The average Bonchev–Trinajstić information content (AvgIpc) is 2.76. The number of fused-ring (bicyclic) bond motifs is 2. The van der Waals surface area contributed by atoms with Crippen molar-refractivity contribution in [1.82, 2.24) is 14.9 Å². The summed E-state index contributed by atoms with van der Waals surface area (Å²) in [6, 6.07) is 11.1. The van der Waals surface area contributed by atoms with Crippen LogP contribution in [-0.2, 0) is 24.2 Å². The Labute approximate surface area is 168 Å². The van der Waals surface area contributed by atoms with Gasteiger partial charge in [-0.2, -0.15) is 0 Å². The quantitative estimate of drug-likeness (QED) is 0.720. The van der Waals surface area contributed by atoms with Crippen molar-refractivity contribution in [2.75, 3.05) is 20.8 Å². The van der Waals surface area contributed by atoms with E-state index < -0.39 is 0 Å². The van der Waals surface area contributed by atoms with Crippen molar-refractivity contribution in [3.05, 3.63) is 63.7 Å². The molecule has 150 valence electrons. The molecule has 29 heavy (non-hydrogen) atoms. The van der Waals surface area contributed by atoms with Gasteiger partial charge < -0.3 is 19.4 Å². The van der Waals surface area contributed by atoms with Crippen LogP contribution in [0.2, 0.25) is 0 Å². The molecule has 0 fully saturated rings. The molecule has 0 bridgehead atoms. The number of hydrogen-bond acceptors (Lipinski definition) is 5. The van der Waals surface area contributed by atoms with E-state index in [1.165, 1.54) is 5.56 Å². The number of carbonyl (C=O) groups excluding carboxylic acids is 1. The molecule has 0 saturated carbocycles. The Balaban J connectivity index is 1.45. The number of aromatic amines is 1. The number of aromatic nitrogens is 2. The summed E-state index contributed by atoms with van der Waals surface area (Å²) in [5.74, 6) is 1.95. The van der Waals surface area contributed by atoms with E-state index in [1.54, 1.807) is 32.4 Å². The van der Waals surface area contributed by atoms with Crippen LogP contribution in [0.1, 0.15) is 23.4 Å². The Kier molecular flexibility index (Phi) is 5.20. The lowest BCUT2D eigenvalue weighted by Gasteiger charge is -2.29. The lowest BCUT2D eigenvalue weighted by Crippen LogP contribution is -2.36. The Morgan fingerprint density at radius 1 is 1.14 bits per heavy atom. The van der Waals surface area contributed by atoms with Gasteiger partial charge in [0, 0.05) is 25.9 Å². The van der Waals surface area contributed by atoms with Crippen LogP contribution in [0.15, 0.2) is 41.2 Å². The van der Waals surface area contributed by atoms with Crippen LogP contribution in [0.3, 0.4) is 0 Å². The van der Waals surface area contributed by atoms with Gasteiger partial charge in [0.15, 0.2) is 11.5 Å². The van der Waals surface area contributed by atoms with Crippen molar-refractivity contribution in [2.24, 2.45) is 0 Å². The monoisotopic (exact) mass is 393 g/mol. The molecule has 2 aromatic carbocycles. The molecule has 1 aliphatic heterocycles. The molecule has 2 heterocycles. The molecular weight excluding hydrogens is 370 g/mol. The van der Waals surface area contributed by atoms with E-state index in [4.69, 9.17) is 9.47 Å². The van der Waals surface area contributed by atoms with Gasteiger partial charge in [-0.05, 0) is 41.8 Å². The molecule has 1 amide bonds. The molecule has 4 rings (SSSR count). The first-order valence-corrected chi connectivity index (χ1v) is 9.58. The highest BCUT2D eigenvalue weighted by Gasteiger charge is 2.23. The molecule has 0 saturated heterocycles. The van der Waals surface area contributed by atoms with Crippen molar-refractivity contribution < 1.29 is 14.3 Å². The molecular formula is C22H23N3O4. The summed E-state index contributed by atoms with van der Waals surface area (Å²) >= 11 is 0. The first-order chi connectivity index (χ1) is 14.1. The molecule has 0 radical (unpaired) electrons. The largest absolute Gasteiger partial charge is 0.493 e. The van der Waals surface area contributed by atoms with E-state index in [0.29, 0.717) is 54.2 Å². The van der Waals surface area contributed by atoms with Crippen molar-refractivity contribution in [2.45, 2.75) is 25.8 Å². The summed E-state index contributed by atoms with van der Waals surface area (Å²) in [6.45, 7) is 1.19. The number of benzene rings is 2. The summed E-state index contributed by atoms with van der Waals surface area (Å²) in [4.78, 5) is 34.0. The molecule has 7 heteroatoms. The smallest absolute Gasteiger partial charge is 0.258 e. The summed E-state index contributed by atoms with van der Waals surface area (Å²) in [5, 5.41) is 0.555. The predicted molar refractivity (Wildman–Crippen MR) is 109 cm³/mol. The number of nitrogens with zero attached hydrogens (tertiary/aromatic N) is 2. The standard InChI is InChI=1S/C22H23N3O4/c1-28-18-11-14-9-10-25(13-15(14)12-19(18)29-2)21(26)8-7-20-23-17-6-4-3-5-16(17)22(27)24-20/h3-6,11-12H,7-10,13H2,1-2H3,(H,23,24,27). The van der Waals surface area contributed by atoms with Gasteiger partial charge in [0.2, 0.25) is 5.91 Å². The zero-order valence-corrected chi connectivity index (χ0v) is 16.5. The number of H-pyrrole nitrogens is 1. The summed E-state index contributed by atoms with van der Waals surface area (Å²) < 4.78 is 10.7. The predicted octanol–water partition coefficient (Wildman–Crippen LogP) is 2.46. The van der Waals surface area contributed by atoms with Crippen LogP contribution in [0.25, 0.3) is 10.9 Å². The highest BCUT2D eigenvalue weighted by atomic mass is 16.5. The van der Waals surface area contributed by atoms with Gasteiger partial charge in [-0.25, -0.2) is 4.98 Å². The van der Waals surface area contributed by atoms with Gasteiger partial charge in [0.05, 0.1) is 25.1 Å². The number of methoxy groups -OCH3 is 2. The van der Waals surface area contributed by atoms with E-state index in [9.17, 15) is 9.59 Å². The minimum absolute atomic E-state index is 0.0428. The van der Waals surface area contributed by atoms with Gasteiger partial charge in [0.1, 0.15) is 5.82 Å². The Morgan fingerprint density at radius 2 is 1.86 bits per heavy atom. The molecule has 1 aromatic heterocycles. The van der Waals surface area contributed by atoms with E-state index in [2.05, 4.69) is 9.97 Å². The Bertz CT molecular complexity index is 1120. The van der Waals surface area contributed by atoms with Crippen molar-refractivity contribution in [3.63, 3.8) is 0 Å². The zero-order chi connectivity index (χ0) is 20.4. The average molecular weight is 393 g/mol. The van der Waals surface area contributed by atoms with Gasteiger partial charge in [0.25, 0.3) is 5.56 Å². The van der Waals surface area contributed by atoms with E-state index in [0.717, 1.165) is 12.0 Å². The molecule has 1 aliphatic rings. The van der Waals surface area contributed by atoms with E-state index >= 15 is 0 Å². The van der Waals surface area contributed by atoms with Gasteiger partial charge in [-0.3, -0.25) is 9.59 Å². The number of ether oxygens (including phenoxy) is 2. The Morgan fingerprint density at radius 3 is 2.62 bits per heavy atom. The highest BCUT2D eigenvalue weighted by molar-refractivity contribution is 5.78. The summed E-state index contributed by atoms with van der Waals surface area (Å²) in [6.07, 6.45) is 1.46. The summed E-state index contributed by atoms with van der Waals surface area (Å²) in [7, 11) is 3.22. The van der Waals surface area contributed by atoms with Crippen LogP contribution in [0.4, 0.5) is 0 Å². The number of amides is 1. The number of rotatable bonds is 5. The number of nitrogens with one attached hydrogen (secondary N) is 1. The topological polar surface area (TPSA) is 84.5 Å². The SMILES string of the molecule is COc1cc2c(cc1OC)CN(C(=O)CCc1nc3ccccc3c(=O)[nH]1)CC2. The van der Waals surface area contributed by atoms with E-state index in [1.807, 2.05) is 23.1 Å². The first-order valence-electron chi connectivity index (χ1n) is 9.58. The number of para-hydroxylation sites is 1. The van der Waals surface area contributed by atoms with Crippen LogP contribution in [-0.4, -0.2) is 41.5 Å². The van der Waals surface area contributed by atoms with Gasteiger partial charge in [-0.1, -0.05) is 12.1 Å². The van der Waals surface area contributed by atoms with Crippen LogP contribution in [0, 0.1) is 0 Å². The second-order valence-electron chi connectivity index (χ2n) is 7.07. The Hall–Kier alpha value is -3.35. The van der Waals surface area contributed by atoms with Crippen molar-refractivity contribution >= 4 is 16.8 Å². The number of aryl methyl sites for hydroxylation is 1.